The number of likely N-dealkylation sites (tertiary alicyclic amines) is 1. The van der Waals surface area contributed by atoms with Crippen molar-refractivity contribution in [2.75, 3.05) is 51.9 Å². The second-order valence-corrected chi connectivity index (χ2v) is 8.95. The number of piperidine rings is 1. The molecular weight excluding hydrogens is 444 g/mol. The lowest BCUT2D eigenvalue weighted by Gasteiger charge is -2.33. The molecule has 3 heterocycles. The zero-order valence-corrected chi connectivity index (χ0v) is 19.8. The minimum atomic E-state index is -0.447. The van der Waals surface area contributed by atoms with Crippen LogP contribution in [-0.4, -0.2) is 69.6 Å². The van der Waals surface area contributed by atoms with Gasteiger partial charge in [-0.05, 0) is 50.6 Å². The van der Waals surface area contributed by atoms with E-state index in [2.05, 4.69) is 10.2 Å². The molecule has 2 aromatic rings. The Balaban J connectivity index is 1.41. The number of benzene rings is 1. The number of nitrogens with one attached hydrogen (secondary N) is 1. The first-order valence-electron chi connectivity index (χ1n) is 11.3. The third kappa shape index (κ3) is 5.73. The van der Waals surface area contributed by atoms with Crippen LogP contribution in [0.4, 0.5) is 5.00 Å². The number of nitrogens with zero attached hydrogens (tertiary/aromatic N) is 1. The smallest absolute Gasteiger partial charge is 0.341 e. The highest BCUT2D eigenvalue weighted by atomic mass is 32.1. The zero-order valence-electron chi connectivity index (χ0n) is 19.0. The molecule has 2 aliphatic heterocycles. The summed E-state index contributed by atoms with van der Waals surface area (Å²) in [5.74, 6) is 0.523. The Morgan fingerprint density at radius 2 is 1.85 bits per heavy atom. The fraction of sp³-hybridized carbons (Fsp3) is 0.500. The van der Waals surface area contributed by atoms with Crippen LogP contribution in [0.1, 0.15) is 30.1 Å². The van der Waals surface area contributed by atoms with Gasteiger partial charge in [0, 0.05) is 16.9 Å². The van der Waals surface area contributed by atoms with E-state index in [4.69, 9.17) is 18.9 Å². The lowest BCUT2D eigenvalue weighted by atomic mass is 9.96. The maximum absolute atomic E-state index is 12.8. The molecule has 2 aliphatic rings. The number of thiophene rings is 1. The van der Waals surface area contributed by atoms with Gasteiger partial charge in [0.05, 0.1) is 33.5 Å². The van der Waals surface area contributed by atoms with E-state index >= 15 is 0 Å². The van der Waals surface area contributed by atoms with Crippen LogP contribution in [-0.2, 0) is 19.0 Å². The van der Waals surface area contributed by atoms with Crippen molar-refractivity contribution in [3.8, 4) is 16.9 Å². The van der Waals surface area contributed by atoms with Crippen LogP contribution in [0.3, 0.4) is 0 Å². The lowest BCUT2D eigenvalue weighted by Crippen LogP contribution is -2.41. The number of hydrogen-bond donors (Lipinski definition) is 1. The van der Waals surface area contributed by atoms with Crippen LogP contribution >= 0.6 is 11.3 Å². The molecule has 2 fully saturated rings. The molecule has 0 aliphatic carbocycles. The Kier molecular flexibility index (Phi) is 7.97. The average molecular weight is 475 g/mol. The van der Waals surface area contributed by atoms with Crippen molar-refractivity contribution in [1.29, 1.82) is 0 Å². The lowest BCUT2D eigenvalue weighted by molar-refractivity contribution is -0.119. The third-order valence-corrected chi connectivity index (χ3v) is 6.85. The number of ether oxygens (including phenoxy) is 4. The first-order chi connectivity index (χ1) is 16.1. The van der Waals surface area contributed by atoms with Gasteiger partial charge in [-0.1, -0.05) is 12.1 Å². The first kappa shape index (κ1) is 23.7. The SMILES string of the molecule is CCOC(=O)c1c(-c2ccc(OC)cc2)csc1NC(=O)CN1CCC(C2OCCO2)CC1. The van der Waals surface area contributed by atoms with Gasteiger partial charge in [0.2, 0.25) is 5.91 Å². The second-order valence-electron chi connectivity index (χ2n) is 8.07. The van der Waals surface area contributed by atoms with Crippen LogP contribution in [0.15, 0.2) is 29.6 Å². The number of anilines is 1. The summed E-state index contributed by atoms with van der Waals surface area (Å²) in [7, 11) is 1.61. The molecule has 178 valence electrons. The van der Waals surface area contributed by atoms with Crippen molar-refractivity contribution in [1.82, 2.24) is 4.90 Å². The summed E-state index contributed by atoms with van der Waals surface area (Å²) in [4.78, 5) is 27.7. The molecule has 8 nitrogen and oxygen atoms in total. The van der Waals surface area contributed by atoms with Crippen molar-refractivity contribution in [2.24, 2.45) is 5.92 Å². The number of hydrogen-bond acceptors (Lipinski definition) is 8. The monoisotopic (exact) mass is 474 g/mol. The molecule has 1 aromatic carbocycles. The van der Waals surface area contributed by atoms with Gasteiger partial charge in [-0.15, -0.1) is 11.3 Å². The van der Waals surface area contributed by atoms with E-state index in [1.807, 2.05) is 29.6 Å². The Hall–Kier alpha value is -2.46. The fourth-order valence-electron chi connectivity index (χ4n) is 4.24. The molecule has 0 unspecified atom stereocenters. The zero-order chi connectivity index (χ0) is 23.2. The molecule has 0 atom stereocenters. The number of carbonyl (C=O) groups is 2. The van der Waals surface area contributed by atoms with Crippen LogP contribution in [0.25, 0.3) is 11.1 Å². The van der Waals surface area contributed by atoms with Gasteiger partial charge in [0.15, 0.2) is 6.29 Å². The first-order valence-corrected chi connectivity index (χ1v) is 12.2. The summed E-state index contributed by atoms with van der Waals surface area (Å²) in [6.07, 6.45) is 1.77. The van der Waals surface area contributed by atoms with Gasteiger partial charge in [-0.3, -0.25) is 9.69 Å². The number of amides is 1. The van der Waals surface area contributed by atoms with E-state index in [1.165, 1.54) is 11.3 Å². The topological polar surface area (TPSA) is 86.3 Å². The predicted molar refractivity (Wildman–Crippen MR) is 126 cm³/mol. The molecule has 0 bridgehead atoms. The Morgan fingerprint density at radius 1 is 1.15 bits per heavy atom. The summed E-state index contributed by atoms with van der Waals surface area (Å²) in [6, 6.07) is 7.45. The Labute approximate surface area is 197 Å². The molecule has 1 aromatic heterocycles. The fourth-order valence-corrected chi connectivity index (χ4v) is 5.21. The number of carbonyl (C=O) groups excluding carboxylic acids is 2. The van der Waals surface area contributed by atoms with Crippen molar-refractivity contribution >= 4 is 28.2 Å². The standard InChI is InChI=1S/C24H30N2O6S/c1-3-30-23(28)21-19(16-4-6-18(29-2)7-5-16)15-33-22(21)25-20(27)14-26-10-8-17(9-11-26)24-31-12-13-32-24/h4-7,15,17,24H,3,8-14H2,1-2H3,(H,25,27). The van der Waals surface area contributed by atoms with Crippen LogP contribution in [0, 0.1) is 5.92 Å². The molecule has 1 amide bonds. The molecule has 4 rings (SSSR count). The average Bonchev–Trinajstić information content (AvgIpc) is 3.50. The van der Waals surface area contributed by atoms with E-state index in [0.717, 1.165) is 42.8 Å². The van der Waals surface area contributed by atoms with Crippen LogP contribution in [0.5, 0.6) is 5.75 Å². The summed E-state index contributed by atoms with van der Waals surface area (Å²) in [6.45, 7) is 5.25. The molecule has 0 saturated carbocycles. The molecule has 1 N–H and O–H groups in total. The molecule has 9 heteroatoms. The number of methoxy groups -OCH3 is 1. The minimum absolute atomic E-state index is 0.101. The summed E-state index contributed by atoms with van der Waals surface area (Å²) in [5.41, 5.74) is 1.97. The quantitative estimate of drug-likeness (QED) is 0.585. The van der Waals surface area contributed by atoms with Crippen LogP contribution in [0.2, 0.25) is 0 Å². The maximum atomic E-state index is 12.8. The maximum Gasteiger partial charge on any atom is 0.341 e. The van der Waals surface area contributed by atoms with Crippen molar-refractivity contribution in [2.45, 2.75) is 26.1 Å². The molecule has 33 heavy (non-hydrogen) atoms. The van der Waals surface area contributed by atoms with E-state index in [1.54, 1.807) is 14.0 Å². The van der Waals surface area contributed by atoms with Gasteiger partial charge in [-0.2, -0.15) is 0 Å². The van der Waals surface area contributed by atoms with E-state index in [9.17, 15) is 9.59 Å². The minimum Gasteiger partial charge on any atom is -0.497 e. The van der Waals surface area contributed by atoms with Gasteiger partial charge < -0.3 is 24.3 Å². The Morgan fingerprint density at radius 3 is 2.48 bits per heavy atom. The molecule has 0 spiro atoms. The number of rotatable bonds is 8. The highest BCUT2D eigenvalue weighted by Gasteiger charge is 2.31. The predicted octanol–water partition coefficient (Wildman–Crippen LogP) is 3.62. The number of esters is 1. The van der Waals surface area contributed by atoms with Crippen molar-refractivity contribution in [3.05, 3.63) is 35.2 Å². The van der Waals surface area contributed by atoms with Gasteiger partial charge in [-0.25, -0.2) is 4.79 Å². The molecular formula is C24H30N2O6S. The van der Waals surface area contributed by atoms with Gasteiger partial charge in [0.1, 0.15) is 16.3 Å². The Bertz CT molecular complexity index is 946. The molecule has 2 saturated heterocycles. The van der Waals surface area contributed by atoms with E-state index in [-0.39, 0.29) is 25.3 Å². The summed E-state index contributed by atoms with van der Waals surface area (Å²) < 4.78 is 21.8. The van der Waals surface area contributed by atoms with Crippen molar-refractivity contribution < 1.29 is 28.5 Å². The highest BCUT2D eigenvalue weighted by molar-refractivity contribution is 7.15. The van der Waals surface area contributed by atoms with Gasteiger partial charge >= 0.3 is 5.97 Å². The third-order valence-electron chi connectivity index (χ3n) is 5.96. The van der Waals surface area contributed by atoms with Crippen molar-refractivity contribution in [3.63, 3.8) is 0 Å². The van der Waals surface area contributed by atoms with Crippen LogP contribution < -0.4 is 10.1 Å². The van der Waals surface area contributed by atoms with E-state index in [0.29, 0.717) is 29.7 Å². The second kappa shape index (κ2) is 11.1. The molecule has 0 radical (unpaired) electrons. The van der Waals surface area contributed by atoms with Gasteiger partial charge in [0.25, 0.3) is 0 Å². The normalized spacial score (nSPS) is 17.8. The summed E-state index contributed by atoms with van der Waals surface area (Å²) in [5, 5.41) is 5.32. The highest BCUT2D eigenvalue weighted by Crippen LogP contribution is 2.37. The van der Waals surface area contributed by atoms with E-state index < -0.39 is 5.97 Å². The summed E-state index contributed by atoms with van der Waals surface area (Å²) >= 11 is 1.33. The largest absolute Gasteiger partial charge is 0.497 e.